The van der Waals surface area contributed by atoms with Crippen LogP contribution in [-0.4, -0.2) is 80.1 Å². The van der Waals surface area contributed by atoms with Crippen LogP contribution in [0.1, 0.15) is 15.9 Å². The number of pyridine rings is 1. The molecule has 1 aliphatic heterocycles. The Morgan fingerprint density at radius 2 is 1.83 bits per heavy atom. The molecule has 3 rings (SSSR count). The Morgan fingerprint density at radius 1 is 1.17 bits per heavy atom. The zero-order valence-electron chi connectivity index (χ0n) is 20.0. The van der Waals surface area contributed by atoms with Crippen LogP contribution in [-0.2, 0) is 6.18 Å². The molecule has 2 aromatic rings. The van der Waals surface area contributed by atoms with E-state index in [2.05, 4.69) is 49.9 Å². The first-order valence-corrected chi connectivity index (χ1v) is 14.7. The zero-order valence-corrected chi connectivity index (χ0v) is 22.4. The van der Waals surface area contributed by atoms with Gasteiger partial charge >= 0.3 is 6.18 Å². The summed E-state index contributed by atoms with van der Waals surface area (Å²) in [6.45, 7) is 2.85. The largest absolute Gasteiger partial charge is 0.477 e. The summed E-state index contributed by atoms with van der Waals surface area (Å²) < 4.78 is 61.3. The van der Waals surface area contributed by atoms with Gasteiger partial charge in [-0.2, -0.15) is 13.2 Å². The van der Waals surface area contributed by atoms with Crippen molar-refractivity contribution in [2.24, 2.45) is 0 Å². The number of halogens is 5. The zero-order chi connectivity index (χ0) is 26.0. The van der Waals surface area contributed by atoms with Crippen LogP contribution in [0.3, 0.4) is 0 Å². The third kappa shape index (κ3) is 7.47. The number of hydrogen-bond donors (Lipinski definition) is 1. The van der Waals surface area contributed by atoms with Crippen molar-refractivity contribution in [2.75, 3.05) is 74.6 Å². The van der Waals surface area contributed by atoms with Gasteiger partial charge in [-0.3, -0.25) is 4.79 Å². The lowest BCUT2D eigenvalue weighted by Crippen LogP contribution is -2.44. The summed E-state index contributed by atoms with van der Waals surface area (Å²) in [6.07, 6.45) is 2.28. The predicted molar refractivity (Wildman–Crippen MR) is 137 cm³/mol. The summed E-state index contributed by atoms with van der Waals surface area (Å²) in [6, 6.07) is 3.37. The van der Waals surface area contributed by atoms with Crippen molar-refractivity contribution in [2.45, 2.75) is 6.18 Å². The topological polar surface area (TPSA) is 57.7 Å². The summed E-state index contributed by atoms with van der Waals surface area (Å²) >= 11 is 3.09. The van der Waals surface area contributed by atoms with Crippen molar-refractivity contribution in [3.05, 3.63) is 45.8 Å². The minimum Gasteiger partial charge on any atom is -0.477 e. The monoisotopic (exact) mass is 580 g/mol. The SMILES string of the molecule is CN1CCN(c2cc(F)c(Br)cc2NC(=O)c2cnc(OCCS(C)(C)C)cc2C(F)(F)F)CC1. The average molecular weight is 581 g/mol. The second-order valence-corrected chi connectivity index (χ2v) is 14.7. The summed E-state index contributed by atoms with van der Waals surface area (Å²) in [5, 5.41) is 2.53. The Balaban J connectivity index is 1.88. The number of benzene rings is 1. The molecule has 0 saturated carbocycles. The van der Waals surface area contributed by atoms with E-state index in [1.807, 2.05) is 11.9 Å². The second-order valence-electron chi connectivity index (χ2n) is 9.24. The van der Waals surface area contributed by atoms with Crippen LogP contribution in [0.25, 0.3) is 0 Å². The molecule has 1 saturated heterocycles. The second kappa shape index (κ2) is 10.9. The van der Waals surface area contributed by atoms with E-state index in [1.165, 1.54) is 12.1 Å². The van der Waals surface area contributed by atoms with Crippen LogP contribution in [0, 0.1) is 5.82 Å². The number of carbonyl (C=O) groups excluding carboxylic acids is 1. The Morgan fingerprint density at radius 3 is 2.43 bits per heavy atom. The molecule has 1 fully saturated rings. The number of amides is 1. The number of piperazine rings is 1. The van der Waals surface area contributed by atoms with Crippen molar-refractivity contribution in [3.63, 3.8) is 0 Å². The fourth-order valence-corrected chi connectivity index (χ4v) is 4.39. The van der Waals surface area contributed by atoms with Crippen LogP contribution in [0.4, 0.5) is 28.9 Å². The maximum Gasteiger partial charge on any atom is 0.417 e. The summed E-state index contributed by atoms with van der Waals surface area (Å²) in [5.41, 5.74) is -1.19. The molecule has 1 aromatic heterocycles. The number of anilines is 2. The van der Waals surface area contributed by atoms with E-state index < -0.39 is 39.1 Å². The minimum absolute atomic E-state index is 0.0876. The van der Waals surface area contributed by atoms with Gasteiger partial charge in [-0.15, -0.1) is 0 Å². The van der Waals surface area contributed by atoms with Gasteiger partial charge in [0, 0.05) is 50.3 Å². The number of ether oxygens (including phenoxy) is 1. The highest BCUT2D eigenvalue weighted by molar-refractivity contribution is 9.10. The van der Waals surface area contributed by atoms with Crippen molar-refractivity contribution < 1.29 is 27.1 Å². The van der Waals surface area contributed by atoms with Gasteiger partial charge in [-0.05, 0) is 47.8 Å². The van der Waals surface area contributed by atoms with Crippen LogP contribution in [0.15, 0.2) is 28.9 Å². The molecule has 0 radical (unpaired) electrons. The summed E-state index contributed by atoms with van der Waals surface area (Å²) in [7, 11) is 1.08. The van der Waals surface area contributed by atoms with E-state index >= 15 is 0 Å². The Kier molecular flexibility index (Phi) is 8.59. The van der Waals surface area contributed by atoms with Crippen molar-refractivity contribution in [1.82, 2.24) is 9.88 Å². The lowest BCUT2D eigenvalue weighted by Gasteiger charge is -2.35. The van der Waals surface area contributed by atoms with E-state index in [0.717, 1.165) is 25.4 Å². The molecule has 35 heavy (non-hydrogen) atoms. The fraction of sp³-hybridized carbons (Fsp3) is 0.478. The van der Waals surface area contributed by atoms with Crippen LogP contribution in [0.2, 0.25) is 0 Å². The van der Waals surface area contributed by atoms with Crippen molar-refractivity contribution >= 4 is 43.2 Å². The highest BCUT2D eigenvalue weighted by Gasteiger charge is 2.36. The van der Waals surface area contributed by atoms with Gasteiger partial charge in [0.15, 0.2) is 0 Å². The molecule has 0 spiro atoms. The molecule has 194 valence electrons. The predicted octanol–water partition coefficient (Wildman–Crippen LogP) is 5.08. The summed E-state index contributed by atoms with van der Waals surface area (Å²) in [5.74, 6) is -1.02. The van der Waals surface area contributed by atoms with Crippen molar-refractivity contribution in [3.8, 4) is 5.88 Å². The highest BCUT2D eigenvalue weighted by atomic mass is 79.9. The first kappa shape index (κ1) is 27.5. The smallest absolute Gasteiger partial charge is 0.417 e. The molecule has 6 nitrogen and oxygen atoms in total. The summed E-state index contributed by atoms with van der Waals surface area (Å²) in [4.78, 5) is 20.9. The Hall–Kier alpha value is -2.05. The molecule has 12 heteroatoms. The highest BCUT2D eigenvalue weighted by Crippen LogP contribution is 2.37. The minimum atomic E-state index is -4.80. The standard InChI is InChI=1S/C23H29BrF4N4O2S/c1-31-5-7-32(8-6-31)20-13-18(25)17(24)12-19(20)30-22(33)15-14-29-21(11-16(15)23(26,27)28)34-9-10-35(2,3)4/h11-14H,5-10H2,1-4H3,(H,30,33). The van der Waals surface area contributed by atoms with Gasteiger partial charge in [-0.25, -0.2) is 19.4 Å². The van der Waals surface area contributed by atoms with Gasteiger partial charge in [0.1, 0.15) is 5.82 Å². The quantitative estimate of drug-likeness (QED) is 0.463. The fourth-order valence-electron chi connectivity index (χ4n) is 3.46. The third-order valence-corrected chi connectivity index (χ3v) is 7.50. The number of aromatic nitrogens is 1. The van der Waals surface area contributed by atoms with Gasteiger partial charge in [0.05, 0.1) is 33.6 Å². The average Bonchev–Trinajstić information content (AvgIpc) is 2.75. The van der Waals surface area contributed by atoms with Crippen molar-refractivity contribution in [1.29, 1.82) is 0 Å². The molecule has 1 aliphatic rings. The third-order valence-electron chi connectivity index (χ3n) is 5.51. The molecular weight excluding hydrogens is 552 g/mol. The molecule has 1 N–H and O–H groups in total. The first-order valence-electron chi connectivity index (χ1n) is 10.8. The van der Waals surface area contributed by atoms with E-state index in [-0.39, 0.29) is 22.6 Å². The Bertz CT molecular complexity index is 1070. The molecule has 0 bridgehead atoms. The lowest BCUT2D eigenvalue weighted by atomic mass is 10.1. The van der Waals surface area contributed by atoms with Gasteiger partial charge < -0.3 is 19.9 Å². The lowest BCUT2D eigenvalue weighted by molar-refractivity contribution is -0.138. The van der Waals surface area contributed by atoms with Crippen LogP contribution in [0.5, 0.6) is 5.88 Å². The van der Waals surface area contributed by atoms with Crippen LogP contribution < -0.4 is 15.0 Å². The molecule has 0 aliphatic carbocycles. The number of likely N-dealkylation sites (N-methyl/N-ethyl adjacent to an activating group) is 1. The van der Waals surface area contributed by atoms with E-state index in [4.69, 9.17) is 4.74 Å². The van der Waals surface area contributed by atoms with Gasteiger partial charge in [0.2, 0.25) is 5.88 Å². The van der Waals surface area contributed by atoms with E-state index in [0.29, 0.717) is 24.5 Å². The molecular formula is C23H29BrF4N4O2S. The van der Waals surface area contributed by atoms with Gasteiger partial charge in [0.25, 0.3) is 5.91 Å². The number of nitrogens with one attached hydrogen (secondary N) is 1. The molecule has 2 heterocycles. The number of carbonyl (C=O) groups is 1. The number of rotatable bonds is 7. The van der Waals surface area contributed by atoms with E-state index in [9.17, 15) is 22.4 Å². The number of alkyl halides is 3. The maximum absolute atomic E-state index is 14.3. The molecule has 0 unspecified atom stereocenters. The normalized spacial score (nSPS) is 15.7. The number of hydrogen-bond acceptors (Lipinski definition) is 5. The molecule has 0 atom stereocenters. The van der Waals surface area contributed by atoms with Gasteiger partial charge in [-0.1, -0.05) is 0 Å². The number of nitrogens with zero attached hydrogens (tertiary/aromatic N) is 3. The molecule has 1 aromatic carbocycles. The Labute approximate surface area is 212 Å². The maximum atomic E-state index is 14.3. The van der Waals surface area contributed by atoms with E-state index in [1.54, 1.807) is 0 Å². The molecule has 1 amide bonds. The first-order chi connectivity index (χ1) is 16.2. The van der Waals surface area contributed by atoms with Crippen LogP contribution >= 0.6 is 26.0 Å².